The van der Waals surface area contributed by atoms with Gasteiger partial charge in [-0.25, -0.2) is 14.5 Å². The Labute approximate surface area is 215 Å². The number of nitrogens with one attached hydrogen (secondary N) is 1. The average Bonchev–Trinajstić information content (AvgIpc) is 3.74. The predicted molar refractivity (Wildman–Crippen MR) is 142 cm³/mol. The molecule has 2 aliphatic rings. The molecule has 0 radical (unpaired) electrons. The molecular weight excluding hydrogens is 464 g/mol. The van der Waals surface area contributed by atoms with Gasteiger partial charge in [-0.3, -0.25) is 4.98 Å². The summed E-state index contributed by atoms with van der Waals surface area (Å²) in [6, 6.07) is 22.0. The van der Waals surface area contributed by atoms with Crippen molar-refractivity contribution in [3.8, 4) is 22.8 Å². The third kappa shape index (κ3) is 4.46. The van der Waals surface area contributed by atoms with E-state index < -0.39 is 0 Å². The molecule has 1 N–H and O–H groups in total. The zero-order valence-corrected chi connectivity index (χ0v) is 20.9. The molecule has 0 atom stereocenters. The van der Waals surface area contributed by atoms with Crippen LogP contribution in [0.4, 0.5) is 4.79 Å². The monoisotopic (exact) mass is 492 g/mol. The number of ether oxygens (including phenoxy) is 1. The lowest BCUT2D eigenvalue weighted by Gasteiger charge is -2.16. The summed E-state index contributed by atoms with van der Waals surface area (Å²) in [5.41, 5.74) is 7.63. The SMILES string of the molecule is CNC(=O)N1CCc2ccc(OC)cc2C(c2ccc(-n3nc(C4CC4)cc3-c3ccccn3)cc2)=N1. The molecule has 1 aliphatic carbocycles. The number of nitrogens with zero attached hydrogens (tertiary/aromatic N) is 5. The Balaban J connectivity index is 1.42. The lowest BCUT2D eigenvalue weighted by Crippen LogP contribution is -2.35. The van der Waals surface area contributed by atoms with Gasteiger partial charge < -0.3 is 10.1 Å². The predicted octanol–water partition coefficient (Wildman–Crippen LogP) is 4.77. The number of hydrogen-bond acceptors (Lipinski definition) is 5. The number of methoxy groups -OCH3 is 1. The fourth-order valence-corrected chi connectivity index (χ4v) is 4.69. The Hall–Kier alpha value is -4.46. The first kappa shape index (κ1) is 23.0. The highest BCUT2D eigenvalue weighted by Gasteiger charge is 2.28. The largest absolute Gasteiger partial charge is 0.497 e. The first-order chi connectivity index (χ1) is 18.1. The van der Waals surface area contributed by atoms with Gasteiger partial charge in [0.05, 0.1) is 42.1 Å². The van der Waals surface area contributed by atoms with Crippen LogP contribution in [0.15, 0.2) is 78.0 Å². The van der Waals surface area contributed by atoms with Gasteiger partial charge in [-0.15, -0.1) is 0 Å². The molecule has 8 nitrogen and oxygen atoms in total. The van der Waals surface area contributed by atoms with Crippen LogP contribution in [-0.2, 0) is 6.42 Å². The van der Waals surface area contributed by atoms with Crippen LogP contribution in [0.3, 0.4) is 0 Å². The normalized spacial score (nSPS) is 15.0. The second-order valence-electron chi connectivity index (χ2n) is 9.30. The van der Waals surface area contributed by atoms with Crippen LogP contribution in [-0.4, -0.2) is 52.2 Å². The Morgan fingerprint density at radius 1 is 1.05 bits per heavy atom. The maximum atomic E-state index is 12.5. The summed E-state index contributed by atoms with van der Waals surface area (Å²) >= 11 is 0. The lowest BCUT2D eigenvalue weighted by atomic mass is 9.96. The van der Waals surface area contributed by atoms with Crippen LogP contribution in [0, 0.1) is 0 Å². The Kier molecular flexibility index (Phi) is 5.92. The van der Waals surface area contributed by atoms with Gasteiger partial charge in [0, 0.05) is 30.3 Å². The zero-order chi connectivity index (χ0) is 25.4. The summed E-state index contributed by atoms with van der Waals surface area (Å²) in [4.78, 5) is 17.1. The summed E-state index contributed by atoms with van der Waals surface area (Å²) < 4.78 is 7.47. The van der Waals surface area contributed by atoms with Crippen molar-refractivity contribution >= 4 is 11.7 Å². The van der Waals surface area contributed by atoms with Crippen molar-refractivity contribution in [2.24, 2.45) is 5.10 Å². The van der Waals surface area contributed by atoms with Crippen LogP contribution in [0.5, 0.6) is 5.75 Å². The number of pyridine rings is 1. The van der Waals surface area contributed by atoms with E-state index in [2.05, 4.69) is 16.4 Å². The molecule has 186 valence electrons. The molecule has 8 heteroatoms. The molecule has 1 fully saturated rings. The Bertz CT molecular complexity index is 1470. The van der Waals surface area contributed by atoms with Crippen molar-refractivity contribution in [2.75, 3.05) is 20.7 Å². The number of hydrazone groups is 1. The number of urea groups is 1. The lowest BCUT2D eigenvalue weighted by molar-refractivity contribution is 0.203. The van der Waals surface area contributed by atoms with Gasteiger partial charge in [0.25, 0.3) is 0 Å². The fourth-order valence-electron chi connectivity index (χ4n) is 4.69. The molecule has 1 aliphatic heterocycles. The number of fused-ring (bicyclic) bond motifs is 1. The van der Waals surface area contributed by atoms with E-state index in [-0.39, 0.29) is 6.03 Å². The van der Waals surface area contributed by atoms with Crippen LogP contribution in [0.2, 0.25) is 0 Å². The summed E-state index contributed by atoms with van der Waals surface area (Å²) in [7, 11) is 3.27. The number of hydrogen-bond donors (Lipinski definition) is 1. The van der Waals surface area contributed by atoms with E-state index in [1.165, 1.54) is 17.9 Å². The van der Waals surface area contributed by atoms with E-state index in [1.54, 1.807) is 20.4 Å². The third-order valence-corrected chi connectivity index (χ3v) is 6.87. The van der Waals surface area contributed by atoms with Crippen molar-refractivity contribution in [1.82, 2.24) is 25.1 Å². The van der Waals surface area contributed by atoms with E-state index in [0.29, 0.717) is 18.9 Å². The van der Waals surface area contributed by atoms with Gasteiger partial charge >= 0.3 is 6.03 Å². The van der Waals surface area contributed by atoms with Gasteiger partial charge in [-0.05, 0) is 67.3 Å². The highest BCUT2D eigenvalue weighted by atomic mass is 16.5. The minimum absolute atomic E-state index is 0.238. The van der Waals surface area contributed by atoms with Crippen LogP contribution in [0.1, 0.15) is 41.1 Å². The number of rotatable bonds is 5. The first-order valence-electron chi connectivity index (χ1n) is 12.5. The fraction of sp³-hybridized carbons (Fsp3) is 0.241. The van der Waals surface area contributed by atoms with E-state index in [9.17, 15) is 4.79 Å². The standard InChI is InChI=1S/C29H28N6O2/c1-30-29(36)34-16-14-19-10-13-23(37-2)17-24(19)28(33-34)21-8-11-22(12-9-21)35-27(25-5-3-4-15-31-25)18-26(32-35)20-6-7-20/h3-5,8-13,15,17-18,20H,6-7,14,16H2,1-2H3,(H,30,36). The topological polar surface area (TPSA) is 84.6 Å². The molecule has 2 aromatic heterocycles. The quantitative estimate of drug-likeness (QED) is 0.435. The van der Waals surface area contributed by atoms with E-state index in [1.807, 2.05) is 65.3 Å². The number of amides is 2. The molecule has 0 unspecified atom stereocenters. The highest BCUT2D eigenvalue weighted by molar-refractivity contribution is 6.14. The number of carbonyl (C=O) groups excluding carboxylic acids is 1. The van der Waals surface area contributed by atoms with Crippen molar-refractivity contribution < 1.29 is 9.53 Å². The first-order valence-corrected chi connectivity index (χ1v) is 12.5. The van der Waals surface area contributed by atoms with Gasteiger partial charge in [-0.2, -0.15) is 10.2 Å². The minimum atomic E-state index is -0.238. The number of benzene rings is 2. The smallest absolute Gasteiger partial charge is 0.337 e. The van der Waals surface area contributed by atoms with E-state index in [4.69, 9.17) is 14.9 Å². The molecule has 2 amide bonds. The summed E-state index contributed by atoms with van der Waals surface area (Å²) in [5.74, 6) is 1.28. The molecule has 0 spiro atoms. The molecule has 3 heterocycles. The molecule has 1 saturated carbocycles. The average molecular weight is 493 g/mol. The number of aromatic nitrogens is 3. The number of carbonyl (C=O) groups is 1. The molecule has 0 bridgehead atoms. The van der Waals surface area contributed by atoms with Crippen molar-refractivity contribution in [2.45, 2.75) is 25.2 Å². The maximum absolute atomic E-state index is 12.5. The van der Waals surface area contributed by atoms with Gasteiger partial charge in [-0.1, -0.05) is 24.3 Å². The van der Waals surface area contributed by atoms with Crippen molar-refractivity contribution in [3.63, 3.8) is 0 Å². The summed E-state index contributed by atoms with van der Waals surface area (Å²) in [5, 5.41) is 13.9. The minimum Gasteiger partial charge on any atom is -0.497 e. The second kappa shape index (κ2) is 9.54. The van der Waals surface area contributed by atoms with Crippen molar-refractivity contribution in [3.05, 3.63) is 95.3 Å². The van der Waals surface area contributed by atoms with Gasteiger partial charge in [0.15, 0.2) is 0 Å². The summed E-state index contributed by atoms with van der Waals surface area (Å²) in [6.07, 6.45) is 4.87. The molecular formula is C29H28N6O2. The van der Waals surface area contributed by atoms with Gasteiger partial charge in [0.2, 0.25) is 0 Å². The Morgan fingerprint density at radius 3 is 2.59 bits per heavy atom. The molecule has 37 heavy (non-hydrogen) atoms. The van der Waals surface area contributed by atoms with Crippen LogP contribution < -0.4 is 10.1 Å². The van der Waals surface area contributed by atoms with Gasteiger partial charge in [0.1, 0.15) is 5.75 Å². The maximum Gasteiger partial charge on any atom is 0.337 e. The molecule has 0 saturated heterocycles. The molecule has 2 aromatic carbocycles. The zero-order valence-electron chi connectivity index (χ0n) is 20.9. The highest BCUT2D eigenvalue weighted by Crippen LogP contribution is 2.41. The van der Waals surface area contributed by atoms with E-state index >= 15 is 0 Å². The van der Waals surface area contributed by atoms with Crippen molar-refractivity contribution in [1.29, 1.82) is 0 Å². The van der Waals surface area contributed by atoms with Crippen LogP contribution in [0.25, 0.3) is 17.1 Å². The molecule has 4 aromatic rings. The Morgan fingerprint density at radius 2 is 1.89 bits per heavy atom. The molecule has 6 rings (SSSR count). The van der Waals surface area contributed by atoms with Crippen LogP contribution >= 0.6 is 0 Å². The summed E-state index contributed by atoms with van der Waals surface area (Å²) in [6.45, 7) is 0.491. The third-order valence-electron chi connectivity index (χ3n) is 6.87. The van der Waals surface area contributed by atoms with E-state index in [0.717, 1.165) is 50.9 Å². The second-order valence-corrected chi connectivity index (χ2v) is 9.30.